The van der Waals surface area contributed by atoms with Crippen LogP contribution in [0.5, 0.6) is 0 Å². The molecule has 1 aromatic heterocycles. The van der Waals surface area contributed by atoms with Gasteiger partial charge in [0.25, 0.3) is 0 Å². The van der Waals surface area contributed by atoms with Crippen molar-refractivity contribution in [2.24, 2.45) is 7.05 Å². The van der Waals surface area contributed by atoms with Crippen molar-refractivity contribution < 1.29 is 8.78 Å². The standard InChI is InChI=1S/C10H9F2N3/c1-15-5-9(14-10(15)13)6-2-3-7(11)8(12)4-6/h2-5H,1H3,(H2,13,14). The Morgan fingerprint density at radius 1 is 1.27 bits per heavy atom. The summed E-state index contributed by atoms with van der Waals surface area (Å²) >= 11 is 0. The van der Waals surface area contributed by atoms with Gasteiger partial charge in [-0.1, -0.05) is 0 Å². The number of halogens is 2. The minimum atomic E-state index is -0.892. The molecule has 0 saturated heterocycles. The molecule has 0 aliphatic heterocycles. The number of aryl methyl sites for hydroxylation is 1. The van der Waals surface area contributed by atoms with Gasteiger partial charge in [0.05, 0.1) is 5.69 Å². The Bertz CT molecular complexity index is 486. The van der Waals surface area contributed by atoms with E-state index in [1.165, 1.54) is 6.07 Å². The van der Waals surface area contributed by atoms with E-state index in [4.69, 9.17) is 5.73 Å². The van der Waals surface area contributed by atoms with Gasteiger partial charge in [-0.2, -0.15) is 0 Å². The molecular formula is C10H9F2N3. The maximum absolute atomic E-state index is 12.9. The molecule has 0 spiro atoms. The second-order valence-electron chi connectivity index (χ2n) is 3.22. The molecule has 0 amide bonds. The zero-order valence-electron chi connectivity index (χ0n) is 8.04. The fourth-order valence-electron chi connectivity index (χ4n) is 1.28. The van der Waals surface area contributed by atoms with Crippen molar-refractivity contribution in [3.8, 4) is 11.3 Å². The summed E-state index contributed by atoms with van der Waals surface area (Å²) in [5.41, 5.74) is 6.55. The van der Waals surface area contributed by atoms with E-state index < -0.39 is 11.6 Å². The molecule has 1 aromatic carbocycles. The summed E-state index contributed by atoms with van der Waals surface area (Å²) in [4.78, 5) is 4.00. The van der Waals surface area contributed by atoms with Crippen LogP contribution in [0.3, 0.4) is 0 Å². The highest BCUT2D eigenvalue weighted by Gasteiger charge is 2.08. The number of hydrogen-bond acceptors (Lipinski definition) is 2. The lowest BCUT2D eigenvalue weighted by Gasteiger charge is -1.97. The van der Waals surface area contributed by atoms with Gasteiger partial charge in [-0.25, -0.2) is 13.8 Å². The number of nitrogens with two attached hydrogens (primary N) is 1. The number of aromatic nitrogens is 2. The topological polar surface area (TPSA) is 43.8 Å². The van der Waals surface area contributed by atoms with E-state index in [1.807, 2.05) is 0 Å². The van der Waals surface area contributed by atoms with Crippen LogP contribution in [0, 0.1) is 11.6 Å². The average Bonchev–Trinajstić information content (AvgIpc) is 2.52. The third-order valence-corrected chi connectivity index (χ3v) is 2.13. The lowest BCUT2D eigenvalue weighted by molar-refractivity contribution is 0.509. The second-order valence-corrected chi connectivity index (χ2v) is 3.22. The number of hydrogen-bond donors (Lipinski definition) is 1. The molecule has 0 aliphatic carbocycles. The Labute approximate surface area is 85.2 Å². The first kappa shape index (κ1) is 9.64. The summed E-state index contributed by atoms with van der Waals surface area (Å²) in [5.74, 6) is -1.44. The van der Waals surface area contributed by atoms with Crippen molar-refractivity contribution in [1.82, 2.24) is 9.55 Å². The van der Waals surface area contributed by atoms with Crippen molar-refractivity contribution >= 4 is 5.95 Å². The number of benzene rings is 1. The van der Waals surface area contributed by atoms with Crippen molar-refractivity contribution in [2.45, 2.75) is 0 Å². The molecule has 0 fully saturated rings. The van der Waals surface area contributed by atoms with E-state index in [1.54, 1.807) is 17.8 Å². The highest BCUT2D eigenvalue weighted by molar-refractivity contribution is 5.60. The SMILES string of the molecule is Cn1cc(-c2ccc(F)c(F)c2)nc1N. The lowest BCUT2D eigenvalue weighted by atomic mass is 10.1. The lowest BCUT2D eigenvalue weighted by Crippen LogP contribution is -1.94. The Balaban J connectivity index is 2.49. The number of nitrogens with zero attached hydrogens (tertiary/aromatic N) is 2. The molecule has 2 N–H and O–H groups in total. The molecule has 2 aromatic rings. The van der Waals surface area contributed by atoms with Gasteiger partial charge in [0, 0.05) is 18.8 Å². The fraction of sp³-hybridized carbons (Fsp3) is 0.100. The van der Waals surface area contributed by atoms with E-state index in [0.29, 0.717) is 17.2 Å². The maximum atomic E-state index is 12.9. The van der Waals surface area contributed by atoms with E-state index in [9.17, 15) is 8.78 Å². The molecule has 0 saturated carbocycles. The normalized spacial score (nSPS) is 10.6. The molecule has 2 rings (SSSR count). The minimum absolute atomic E-state index is 0.328. The number of imidazole rings is 1. The zero-order chi connectivity index (χ0) is 11.0. The molecule has 1 heterocycles. The van der Waals surface area contributed by atoms with Crippen LogP contribution in [0.25, 0.3) is 11.3 Å². The van der Waals surface area contributed by atoms with Crippen LogP contribution in [0.15, 0.2) is 24.4 Å². The van der Waals surface area contributed by atoms with Crippen molar-refractivity contribution in [2.75, 3.05) is 5.73 Å². The van der Waals surface area contributed by atoms with Crippen LogP contribution < -0.4 is 5.73 Å². The third kappa shape index (κ3) is 1.68. The van der Waals surface area contributed by atoms with E-state index >= 15 is 0 Å². The molecule has 0 unspecified atom stereocenters. The number of rotatable bonds is 1. The van der Waals surface area contributed by atoms with Gasteiger partial charge in [0.2, 0.25) is 0 Å². The Morgan fingerprint density at radius 3 is 2.53 bits per heavy atom. The molecule has 0 aliphatic rings. The Hall–Kier alpha value is -1.91. The van der Waals surface area contributed by atoms with Gasteiger partial charge >= 0.3 is 0 Å². The van der Waals surface area contributed by atoms with Crippen LogP contribution in [-0.4, -0.2) is 9.55 Å². The minimum Gasteiger partial charge on any atom is -0.369 e. The monoisotopic (exact) mass is 209 g/mol. The van der Waals surface area contributed by atoms with E-state index in [0.717, 1.165) is 12.1 Å². The zero-order valence-corrected chi connectivity index (χ0v) is 8.04. The molecule has 15 heavy (non-hydrogen) atoms. The van der Waals surface area contributed by atoms with Crippen LogP contribution in [0.1, 0.15) is 0 Å². The van der Waals surface area contributed by atoms with Crippen molar-refractivity contribution in [3.63, 3.8) is 0 Å². The van der Waals surface area contributed by atoms with Crippen molar-refractivity contribution in [3.05, 3.63) is 36.0 Å². The summed E-state index contributed by atoms with van der Waals surface area (Å²) in [6.07, 6.45) is 1.65. The van der Waals surface area contributed by atoms with E-state index in [-0.39, 0.29) is 0 Å². The predicted octanol–water partition coefficient (Wildman–Crippen LogP) is 1.95. The largest absolute Gasteiger partial charge is 0.369 e. The third-order valence-electron chi connectivity index (χ3n) is 2.13. The molecule has 5 heteroatoms. The molecular weight excluding hydrogens is 200 g/mol. The molecule has 0 bridgehead atoms. The van der Waals surface area contributed by atoms with Crippen LogP contribution in [0.2, 0.25) is 0 Å². The van der Waals surface area contributed by atoms with Crippen LogP contribution in [0.4, 0.5) is 14.7 Å². The quantitative estimate of drug-likeness (QED) is 0.780. The highest BCUT2D eigenvalue weighted by atomic mass is 19.2. The Morgan fingerprint density at radius 2 is 2.00 bits per heavy atom. The second kappa shape index (κ2) is 3.34. The van der Waals surface area contributed by atoms with Crippen molar-refractivity contribution in [1.29, 1.82) is 0 Å². The molecule has 0 radical (unpaired) electrons. The van der Waals surface area contributed by atoms with Gasteiger partial charge in [-0.05, 0) is 18.2 Å². The molecule has 78 valence electrons. The fourth-order valence-corrected chi connectivity index (χ4v) is 1.28. The first-order chi connectivity index (χ1) is 7.08. The van der Waals surface area contributed by atoms with Gasteiger partial charge in [-0.3, -0.25) is 0 Å². The summed E-state index contributed by atoms with van der Waals surface area (Å²) in [6.45, 7) is 0. The average molecular weight is 209 g/mol. The van der Waals surface area contributed by atoms with Crippen LogP contribution >= 0.6 is 0 Å². The first-order valence-electron chi connectivity index (χ1n) is 4.32. The van der Waals surface area contributed by atoms with Crippen LogP contribution in [-0.2, 0) is 7.05 Å². The van der Waals surface area contributed by atoms with Gasteiger partial charge in [0.15, 0.2) is 17.6 Å². The predicted molar refractivity (Wildman–Crippen MR) is 53.0 cm³/mol. The summed E-state index contributed by atoms with van der Waals surface area (Å²) < 4.78 is 27.2. The highest BCUT2D eigenvalue weighted by Crippen LogP contribution is 2.21. The first-order valence-corrected chi connectivity index (χ1v) is 4.32. The molecule has 3 nitrogen and oxygen atoms in total. The number of nitrogen functional groups attached to an aromatic ring is 1. The maximum Gasteiger partial charge on any atom is 0.200 e. The Kier molecular flexibility index (Phi) is 2.15. The molecule has 0 atom stereocenters. The van der Waals surface area contributed by atoms with Gasteiger partial charge < -0.3 is 10.3 Å². The summed E-state index contributed by atoms with van der Waals surface area (Å²) in [7, 11) is 1.73. The number of anilines is 1. The van der Waals surface area contributed by atoms with Gasteiger partial charge in [-0.15, -0.1) is 0 Å². The summed E-state index contributed by atoms with van der Waals surface area (Å²) in [6, 6.07) is 3.62. The van der Waals surface area contributed by atoms with E-state index in [2.05, 4.69) is 4.98 Å². The van der Waals surface area contributed by atoms with Gasteiger partial charge in [0.1, 0.15) is 0 Å². The summed E-state index contributed by atoms with van der Waals surface area (Å²) in [5, 5.41) is 0. The smallest absolute Gasteiger partial charge is 0.200 e.